The average Bonchev–Trinajstić information content (AvgIpc) is 3.53. The molecule has 3 aromatic heterocycles. The Labute approximate surface area is 235 Å². The summed E-state index contributed by atoms with van der Waals surface area (Å²) in [5.41, 5.74) is 1.46. The van der Waals surface area contributed by atoms with Crippen molar-refractivity contribution in [2.75, 3.05) is 5.32 Å². The van der Waals surface area contributed by atoms with Crippen LogP contribution < -0.4 is 10.6 Å². The maximum atomic E-state index is 13.5. The zero-order chi connectivity index (χ0) is 28.4. The Morgan fingerprint density at radius 2 is 1.90 bits per heavy atom. The Bertz CT molecular complexity index is 1510. The number of aryl methyl sites for hydroxylation is 2. The van der Waals surface area contributed by atoms with Gasteiger partial charge in [-0.25, -0.2) is 0 Å². The van der Waals surface area contributed by atoms with Gasteiger partial charge in [-0.1, -0.05) is 11.6 Å². The highest BCUT2D eigenvalue weighted by molar-refractivity contribution is 6.33. The molecule has 4 saturated carbocycles. The number of hydrogen-bond acceptors (Lipinski definition) is 7. The van der Waals surface area contributed by atoms with Gasteiger partial charge >= 0.3 is 5.82 Å². The monoisotopic (exact) mass is 569 g/mol. The third-order valence-corrected chi connectivity index (χ3v) is 9.42. The topological polar surface area (TPSA) is 155 Å². The van der Waals surface area contributed by atoms with E-state index in [9.17, 15) is 19.7 Å². The van der Waals surface area contributed by atoms with E-state index >= 15 is 0 Å². The van der Waals surface area contributed by atoms with E-state index in [2.05, 4.69) is 25.9 Å². The fourth-order valence-corrected chi connectivity index (χ4v) is 8.25. The van der Waals surface area contributed by atoms with Crippen LogP contribution in [0, 0.1) is 34.3 Å². The SMILES string of the molecule is Cc1c(Cl)c([N+](=O)[O-])nn1C12CC3CC(CC(CC(=O)Nc4cnn(C)c4C(=O)NCc4cnn(C)c4)(C3)C1)C2. The molecule has 4 fully saturated rings. The van der Waals surface area contributed by atoms with Crippen LogP contribution >= 0.6 is 11.6 Å². The van der Waals surface area contributed by atoms with Gasteiger partial charge in [0.25, 0.3) is 5.91 Å². The summed E-state index contributed by atoms with van der Waals surface area (Å²) >= 11 is 6.33. The summed E-state index contributed by atoms with van der Waals surface area (Å²) in [5.74, 6) is 0.00569. The van der Waals surface area contributed by atoms with Crippen LogP contribution in [-0.4, -0.2) is 46.1 Å². The summed E-state index contributed by atoms with van der Waals surface area (Å²) in [7, 11) is 3.47. The number of nitrogens with one attached hydrogen (secondary N) is 2. The summed E-state index contributed by atoms with van der Waals surface area (Å²) in [6, 6.07) is 0. The summed E-state index contributed by atoms with van der Waals surface area (Å²) in [4.78, 5) is 37.5. The third-order valence-electron chi connectivity index (χ3n) is 8.97. The highest BCUT2D eigenvalue weighted by atomic mass is 35.5. The second-order valence-electron chi connectivity index (χ2n) is 12.0. The van der Waals surface area contributed by atoms with Crippen molar-refractivity contribution in [1.29, 1.82) is 0 Å². The van der Waals surface area contributed by atoms with E-state index in [4.69, 9.17) is 11.6 Å². The summed E-state index contributed by atoms with van der Waals surface area (Å²) < 4.78 is 4.91. The van der Waals surface area contributed by atoms with Crippen LogP contribution in [0.3, 0.4) is 0 Å². The van der Waals surface area contributed by atoms with Gasteiger partial charge < -0.3 is 20.7 Å². The molecule has 7 rings (SSSR count). The van der Waals surface area contributed by atoms with Gasteiger partial charge in [-0.15, -0.1) is 0 Å². The van der Waals surface area contributed by atoms with Crippen molar-refractivity contribution in [2.45, 2.75) is 64.0 Å². The number of carbonyl (C=O) groups is 2. The van der Waals surface area contributed by atoms with E-state index in [-0.39, 0.29) is 33.8 Å². The first-order chi connectivity index (χ1) is 19.0. The summed E-state index contributed by atoms with van der Waals surface area (Å²) in [5, 5.41) is 30.1. The predicted molar refractivity (Wildman–Crippen MR) is 145 cm³/mol. The van der Waals surface area contributed by atoms with Gasteiger partial charge in [0.1, 0.15) is 5.69 Å². The molecule has 0 aromatic carbocycles. The third kappa shape index (κ3) is 4.45. The second-order valence-corrected chi connectivity index (χ2v) is 12.4. The molecule has 2 atom stereocenters. The molecule has 3 heterocycles. The molecule has 0 radical (unpaired) electrons. The molecule has 13 nitrogen and oxygen atoms in total. The molecular weight excluding hydrogens is 538 g/mol. The number of rotatable bonds is 8. The fourth-order valence-electron chi connectivity index (χ4n) is 8.07. The highest BCUT2D eigenvalue weighted by Crippen LogP contribution is 2.65. The van der Waals surface area contributed by atoms with Crippen molar-refractivity contribution in [3.8, 4) is 0 Å². The molecular formula is C26H32ClN9O4. The van der Waals surface area contributed by atoms with E-state index in [1.54, 1.807) is 36.6 Å². The van der Waals surface area contributed by atoms with Gasteiger partial charge in [-0.3, -0.25) is 19.0 Å². The molecule has 0 spiro atoms. The molecule has 3 aromatic rings. The minimum absolute atomic E-state index is 0.0819. The van der Waals surface area contributed by atoms with Crippen LogP contribution in [0.25, 0.3) is 0 Å². The quantitative estimate of drug-likeness (QED) is 0.311. The summed E-state index contributed by atoms with van der Waals surface area (Å²) in [6.45, 7) is 2.08. The van der Waals surface area contributed by atoms with Crippen molar-refractivity contribution in [1.82, 2.24) is 34.7 Å². The number of nitro groups is 1. The van der Waals surface area contributed by atoms with E-state index < -0.39 is 10.5 Å². The van der Waals surface area contributed by atoms with Gasteiger partial charge in [0.05, 0.1) is 34.4 Å². The predicted octanol–water partition coefficient (Wildman–Crippen LogP) is 3.47. The Morgan fingerprint density at radius 1 is 1.18 bits per heavy atom. The second kappa shape index (κ2) is 9.43. The van der Waals surface area contributed by atoms with Gasteiger partial charge in [0, 0.05) is 38.8 Å². The maximum Gasteiger partial charge on any atom is 0.408 e. The highest BCUT2D eigenvalue weighted by Gasteiger charge is 2.61. The first-order valence-electron chi connectivity index (χ1n) is 13.5. The molecule has 40 heavy (non-hydrogen) atoms. The zero-order valence-corrected chi connectivity index (χ0v) is 23.4. The molecule has 4 aliphatic rings. The molecule has 0 aliphatic heterocycles. The normalized spacial score (nSPS) is 26.7. The number of carbonyl (C=O) groups excluding carboxylic acids is 2. The van der Waals surface area contributed by atoms with Gasteiger partial charge in [0.15, 0.2) is 5.02 Å². The fraction of sp³-hybridized carbons (Fsp3) is 0.577. The molecule has 14 heteroatoms. The lowest BCUT2D eigenvalue weighted by molar-refractivity contribution is -0.389. The lowest BCUT2D eigenvalue weighted by Crippen LogP contribution is -2.57. The van der Waals surface area contributed by atoms with Crippen molar-refractivity contribution in [2.24, 2.45) is 31.3 Å². The van der Waals surface area contributed by atoms with Crippen molar-refractivity contribution >= 4 is 34.9 Å². The van der Waals surface area contributed by atoms with E-state index in [1.807, 2.05) is 6.20 Å². The molecule has 2 N–H and O–H groups in total. The molecule has 4 aliphatic carbocycles. The van der Waals surface area contributed by atoms with Crippen LogP contribution in [-0.2, 0) is 31.0 Å². The van der Waals surface area contributed by atoms with Gasteiger partial charge in [0.2, 0.25) is 5.91 Å². The molecule has 4 bridgehead atoms. The number of amides is 2. The number of aromatic nitrogens is 6. The number of halogens is 1. The first kappa shape index (κ1) is 26.5. The molecule has 212 valence electrons. The molecule has 2 amide bonds. The minimum atomic E-state index is -0.534. The Hall–Kier alpha value is -3.74. The van der Waals surface area contributed by atoms with Crippen LogP contribution in [0.5, 0.6) is 0 Å². The standard InChI is InChI=1S/C26H32ClN9O4/c1-15-21(27)23(36(39)40)32-35(15)26-7-16-4-17(8-26)6-25(5-16,14-26)9-20(37)31-19-12-30-34(3)22(19)24(38)28-10-18-11-29-33(2)13-18/h11-13,16-17H,4-10,14H2,1-3H3,(H,28,38)(H,31,37). The molecule has 2 unspecified atom stereocenters. The average molecular weight is 570 g/mol. The van der Waals surface area contributed by atoms with Crippen LogP contribution in [0.1, 0.15) is 66.7 Å². The van der Waals surface area contributed by atoms with E-state index in [0.29, 0.717) is 42.6 Å². The summed E-state index contributed by atoms with van der Waals surface area (Å²) in [6.07, 6.45) is 10.7. The van der Waals surface area contributed by atoms with Crippen molar-refractivity contribution in [3.63, 3.8) is 0 Å². The number of anilines is 1. The van der Waals surface area contributed by atoms with Crippen molar-refractivity contribution < 1.29 is 14.5 Å². The minimum Gasteiger partial charge on any atom is -0.358 e. The van der Waals surface area contributed by atoms with Crippen LogP contribution in [0.2, 0.25) is 5.02 Å². The first-order valence-corrected chi connectivity index (χ1v) is 13.8. The largest absolute Gasteiger partial charge is 0.408 e. The smallest absolute Gasteiger partial charge is 0.358 e. The lowest BCUT2D eigenvalue weighted by atomic mass is 9.46. The zero-order valence-electron chi connectivity index (χ0n) is 22.7. The Balaban J connectivity index is 1.20. The Kier molecular flexibility index (Phi) is 6.24. The van der Waals surface area contributed by atoms with Gasteiger partial charge in [-0.2, -0.15) is 14.9 Å². The molecule has 0 saturated heterocycles. The number of hydrogen-bond donors (Lipinski definition) is 2. The van der Waals surface area contributed by atoms with Gasteiger partial charge in [-0.05, 0) is 67.6 Å². The van der Waals surface area contributed by atoms with E-state index in [1.165, 1.54) is 10.9 Å². The number of nitrogens with zero attached hydrogens (tertiary/aromatic N) is 7. The Morgan fingerprint density at radius 3 is 2.52 bits per heavy atom. The lowest BCUT2D eigenvalue weighted by Gasteiger charge is -2.61. The van der Waals surface area contributed by atoms with Crippen LogP contribution in [0.15, 0.2) is 18.6 Å². The maximum absolute atomic E-state index is 13.5. The van der Waals surface area contributed by atoms with Crippen LogP contribution in [0.4, 0.5) is 11.5 Å². The van der Waals surface area contributed by atoms with Crippen molar-refractivity contribution in [3.05, 3.63) is 50.7 Å². The van der Waals surface area contributed by atoms with E-state index in [0.717, 1.165) is 37.7 Å².